The number of tetrazole rings is 1. The number of carboxylic acids is 1. The highest BCUT2D eigenvalue weighted by Gasteiger charge is 2.14. The van der Waals surface area contributed by atoms with E-state index in [9.17, 15) is 4.79 Å². The standard InChI is InChI=1S/C12H14N4O3/c1-8-3-4-10(19-2)9(7-8)16-11(13-14-15-16)5-6-12(17)18/h3-4,7H,5-6H2,1-2H3,(H,17,18). The number of hydrogen-bond acceptors (Lipinski definition) is 5. The first-order valence-corrected chi connectivity index (χ1v) is 5.76. The van der Waals surface area contributed by atoms with Crippen molar-refractivity contribution in [1.29, 1.82) is 0 Å². The second-order valence-corrected chi connectivity index (χ2v) is 4.08. The average Bonchev–Trinajstić information content (AvgIpc) is 2.84. The lowest BCUT2D eigenvalue weighted by molar-refractivity contribution is -0.137. The summed E-state index contributed by atoms with van der Waals surface area (Å²) >= 11 is 0. The van der Waals surface area contributed by atoms with E-state index in [-0.39, 0.29) is 12.8 Å². The van der Waals surface area contributed by atoms with E-state index in [1.165, 1.54) is 4.68 Å². The van der Waals surface area contributed by atoms with Gasteiger partial charge in [0.1, 0.15) is 11.4 Å². The molecule has 0 saturated heterocycles. The van der Waals surface area contributed by atoms with E-state index in [1.54, 1.807) is 7.11 Å². The zero-order chi connectivity index (χ0) is 13.8. The molecule has 1 N–H and O–H groups in total. The fourth-order valence-electron chi connectivity index (χ4n) is 1.73. The average molecular weight is 262 g/mol. The molecule has 1 heterocycles. The van der Waals surface area contributed by atoms with E-state index in [1.807, 2.05) is 25.1 Å². The summed E-state index contributed by atoms with van der Waals surface area (Å²) in [6.07, 6.45) is 0.244. The molecule has 0 bridgehead atoms. The molecule has 1 aromatic heterocycles. The summed E-state index contributed by atoms with van der Waals surface area (Å²) in [6.45, 7) is 1.95. The fraction of sp³-hybridized carbons (Fsp3) is 0.333. The Morgan fingerprint density at radius 1 is 1.47 bits per heavy atom. The lowest BCUT2D eigenvalue weighted by Crippen LogP contribution is -2.07. The number of carbonyl (C=O) groups is 1. The number of rotatable bonds is 5. The SMILES string of the molecule is COc1ccc(C)cc1-n1nnnc1CCC(=O)O. The van der Waals surface area contributed by atoms with E-state index in [4.69, 9.17) is 9.84 Å². The Labute approximate surface area is 109 Å². The molecule has 0 radical (unpaired) electrons. The van der Waals surface area contributed by atoms with Crippen LogP contribution in [-0.2, 0) is 11.2 Å². The summed E-state index contributed by atoms with van der Waals surface area (Å²) in [4.78, 5) is 10.6. The molecule has 100 valence electrons. The maximum absolute atomic E-state index is 10.6. The van der Waals surface area contributed by atoms with Crippen LogP contribution in [0.3, 0.4) is 0 Å². The molecular formula is C12H14N4O3. The Kier molecular flexibility index (Phi) is 3.74. The Hall–Kier alpha value is -2.44. The smallest absolute Gasteiger partial charge is 0.303 e. The summed E-state index contributed by atoms with van der Waals surface area (Å²) in [5.41, 5.74) is 1.74. The van der Waals surface area contributed by atoms with Gasteiger partial charge >= 0.3 is 5.97 Å². The molecule has 7 nitrogen and oxygen atoms in total. The maximum atomic E-state index is 10.6. The van der Waals surface area contributed by atoms with Crippen molar-refractivity contribution in [3.63, 3.8) is 0 Å². The van der Waals surface area contributed by atoms with Crippen LogP contribution in [0.4, 0.5) is 0 Å². The van der Waals surface area contributed by atoms with Crippen molar-refractivity contribution in [3.05, 3.63) is 29.6 Å². The minimum atomic E-state index is -0.884. The predicted octanol–water partition coefficient (Wildman–Crippen LogP) is 0.997. The molecular weight excluding hydrogens is 248 g/mol. The molecule has 1 aromatic carbocycles. The minimum Gasteiger partial charge on any atom is -0.494 e. The van der Waals surface area contributed by atoms with Crippen molar-refractivity contribution < 1.29 is 14.6 Å². The molecule has 0 aliphatic rings. The van der Waals surface area contributed by atoms with Crippen LogP contribution in [-0.4, -0.2) is 38.4 Å². The molecule has 0 atom stereocenters. The summed E-state index contributed by atoms with van der Waals surface area (Å²) < 4.78 is 6.78. The molecule has 2 rings (SSSR count). The van der Waals surface area contributed by atoms with Crippen LogP contribution < -0.4 is 4.74 Å². The van der Waals surface area contributed by atoms with Gasteiger partial charge in [0.2, 0.25) is 0 Å². The number of hydrogen-bond donors (Lipinski definition) is 1. The number of aromatic nitrogens is 4. The van der Waals surface area contributed by atoms with Crippen LogP contribution in [0.25, 0.3) is 5.69 Å². The summed E-state index contributed by atoms with van der Waals surface area (Å²) in [7, 11) is 1.56. The van der Waals surface area contributed by atoms with E-state index in [2.05, 4.69) is 15.5 Å². The molecule has 0 unspecified atom stereocenters. The van der Waals surface area contributed by atoms with Gasteiger partial charge < -0.3 is 9.84 Å². The fourth-order valence-corrected chi connectivity index (χ4v) is 1.73. The summed E-state index contributed by atoms with van der Waals surface area (Å²) in [6, 6.07) is 5.64. The van der Waals surface area contributed by atoms with Gasteiger partial charge in [-0.15, -0.1) is 5.10 Å². The summed E-state index contributed by atoms with van der Waals surface area (Å²) in [5, 5.41) is 20.1. The first-order chi connectivity index (χ1) is 9.11. The van der Waals surface area contributed by atoms with Crippen molar-refractivity contribution >= 4 is 5.97 Å². The van der Waals surface area contributed by atoms with Gasteiger partial charge in [-0.3, -0.25) is 4.79 Å². The van der Waals surface area contributed by atoms with Crippen LogP contribution in [0, 0.1) is 6.92 Å². The number of aryl methyl sites for hydroxylation is 2. The van der Waals surface area contributed by atoms with Gasteiger partial charge in [0, 0.05) is 6.42 Å². The van der Waals surface area contributed by atoms with E-state index < -0.39 is 5.97 Å². The zero-order valence-electron chi connectivity index (χ0n) is 10.7. The highest BCUT2D eigenvalue weighted by molar-refractivity contribution is 5.66. The third-order valence-electron chi connectivity index (χ3n) is 2.66. The minimum absolute atomic E-state index is 0.0193. The van der Waals surface area contributed by atoms with Crippen molar-refractivity contribution in [2.45, 2.75) is 19.8 Å². The first-order valence-electron chi connectivity index (χ1n) is 5.76. The number of carboxylic acid groups (broad SMARTS) is 1. The second kappa shape index (κ2) is 5.47. The molecule has 0 aliphatic carbocycles. The lowest BCUT2D eigenvalue weighted by Gasteiger charge is -2.10. The van der Waals surface area contributed by atoms with Crippen LogP contribution in [0.15, 0.2) is 18.2 Å². The molecule has 7 heteroatoms. The van der Waals surface area contributed by atoms with Gasteiger partial charge in [-0.2, -0.15) is 4.68 Å². The largest absolute Gasteiger partial charge is 0.494 e. The number of methoxy groups -OCH3 is 1. The summed E-state index contributed by atoms with van der Waals surface area (Å²) in [5.74, 6) is 0.242. The van der Waals surface area contributed by atoms with E-state index >= 15 is 0 Å². The predicted molar refractivity (Wildman–Crippen MR) is 66.4 cm³/mol. The van der Waals surface area contributed by atoms with Gasteiger partial charge in [-0.05, 0) is 35.0 Å². The van der Waals surface area contributed by atoms with Crippen molar-refractivity contribution in [2.24, 2.45) is 0 Å². The highest BCUT2D eigenvalue weighted by Crippen LogP contribution is 2.24. The first kappa shape index (κ1) is 13.0. The van der Waals surface area contributed by atoms with Gasteiger partial charge in [-0.25, -0.2) is 0 Å². The number of aliphatic carboxylic acids is 1. The van der Waals surface area contributed by atoms with Crippen LogP contribution in [0.2, 0.25) is 0 Å². The lowest BCUT2D eigenvalue weighted by atomic mass is 10.2. The van der Waals surface area contributed by atoms with E-state index in [0.717, 1.165) is 5.56 Å². The number of benzene rings is 1. The molecule has 0 amide bonds. The van der Waals surface area contributed by atoms with Crippen molar-refractivity contribution in [1.82, 2.24) is 20.2 Å². The van der Waals surface area contributed by atoms with Crippen LogP contribution >= 0.6 is 0 Å². The molecule has 2 aromatic rings. The normalized spacial score (nSPS) is 10.4. The van der Waals surface area contributed by atoms with Crippen molar-refractivity contribution in [3.8, 4) is 11.4 Å². The molecule has 0 spiro atoms. The Morgan fingerprint density at radius 3 is 2.95 bits per heavy atom. The number of ether oxygens (including phenoxy) is 1. The third kappa shape index (κ3) is 2.87. The Balaban J connectivity index is 2.39. The van der Waals surface area contributed by atoms with Crippen LogP contribution in [0.1, 0.15) is 17.8 Å². The number of nitrogens with zero attached hydrogens (tertiary/aromatic N) is 4. The highest BCUT2D eigenvalue weighted by atomic mass is 16.5. The second-order valence-electron chi connectivity index (χ2n) is 4.08. The Bertz CT molecular complexity index is 594. The van der Waals surface area contributed by atoms with Gasteiger partial charge in [-0.1, -0.05) is 6.07 Å². The quantitative estimate of drug-likeness (QED) is 0.864. The third-order valence-corrected chi connectivity index (χ3v) is 2.66. The maximum Gasteiger partial charge on any atom is 0.303 e. The molecule has 0 aliphatic heterocycles. The van der Waals surface area contributed by atoms with Gasteiger partial charge in [0.05, 0.1) is 13.5 Å². The van der Waals surface area contributed by atoms with E-state index in [0.29, 0.717) is 17.3 Å². The molecule has 19 heavy (non-hydrogen) atoms. The van der Waals surface area contributed by atoms with Crippen molar-refractivity contribution in [2.75, 3.05) is 7.11 Å². The topological polar surface area (TPSA) is 90.1 Å². The molecule has 0 saturated carbocycles. The monoisotopic (exact) mass is 262 g/mol. The zero-order valence-corrected chi connectivity index (χ0v) is 10.7. The van der Waals surface area contributed by atoms with Gasteiger partial charge in [0.15, 0.2) is 5.82 Å². The molecule has 0 fully saturated rings. The van der Waals surface area contributed by atoms with Gasteiger partial charge in [0.25, 0.3) is 0 Å². The van der Waals surface area contributed by atoms with Crippen LogP contribution in [0.5, 0.6) is 5.75 Å². The Morgan fingerprint density at radius 2 is 2.26 bits per heavy atom.